The van der Waals surface area contributed by atoms with E-state index in [1.54, 1.807) is 0 Å². The van der Waals surface area contributed by atoms with Crippen LogP contribution >= 0.6 is 0 Å². The molecule has 3 rings (SSSR count). The van der Waals surface area contributed by atoms with Gasteiger partial charge in [0.15, 0.2) is 0 Å². The van der Waals surface area contributed by atoms with Gasteiger partial charge in [0.05, 0.1) is 12.2 Å². The monoisotopic (exact) mass is 265 g/mol. The normalized spacial score (nSPS) is 45.3. The van der Waals surface area contributed by atoms with Gasteiger partial charge in [-0.1, -0.05) is 26.7 Å². The molecule has 2 heteroatoms. The maximum Gasteiger partial charge on any atom is 0.0665 e. The molecule has 4 atom stereocenters. The van der Waals surface area contributed by atoms with Crippen molar-refractivity contribution in [1.29, 1.82) is 0 Å². The minimum atomic E-state index is 0.499. The first-order valence-corrected chi connectivity index (χ1v) is 8.47. The Balaban J connectivity index is 1.61. The summed E-state index contributed by atoms with van der Waals surface area (Å²) in [6, 6.07) is 0.721. The van der Waals surface area contributed by atoms with Crippen LogP contribution in [0.1, 0.15) is 65.2 Å². The Kier molecular flexibility index (Phi) is 3.92. The molecule has 0 bridgehead atoms. The van der Waals surface area contributed by atoms with E-state index in [-0.39, 0.29) is 0 Å². The highest BCUT2D eigenvalue weighted by atomic mass is 16.5. The summed E-state index contributed by atoms with van der Waals surface area (Å²) < 4.78 is 6.60. The van der Waals surface area contributed by atoms with E-state index in [0.717, 1.165) is 17.9 Å². The van der Waals surface area contributed by atoms with Crippen molar-refractivity contribution in [3.63, 3.8) is 0 Å². The third kappa shape index (κ3) is 2.47. The molecule has 0 radical (unpaired) electrons. The third-order valence-electron chi connectivity index (χ3n) is 6.16. The highest BCUT2D eigenvalue weighted by molar-refractivity contribution is 5.09. The van der Waals surface area contributed by atoms with Crippen molar-refractivity contribution in [1.82, 2.24) is 5.32 Å². The van der Waals surface area contributed by atoms with Gasteiger partial charge in [-0.3, -0.25) is 0 Å². The smallest absolute Gasteiger partial charge is 0.0665 e. The maximum absolute atomic E-state index is 6.60. The van der Waals surface area contributed by atoms with Gasteiger partial charge in [-0.25, -0.2) is 0 Å². The fourth-order valence-corrected chi connectivity index (χ4v) is 5.26. The van der Waals surface area contributed by atoms with Crippen molar-refractivity contribution >= 4 is 0 Å². The van der Waals surface area contributed by atoms with Crippen LogP contribution in [0.15, 0.2) is 0 Å². The van der Waals surface area contributed by atoms with E-state index in [9.17, 15) is 0 Å². The Morgan fingerprint density at radius 1 is 0.947 bits per heavy atom. The van der Waals surface area contributed by atoms with Crippen LogP contribution < -0.4 is 5.32 Å². The van der Waals surface area contributed by atoms with Gasteiger partial charge in [-0.05, 0) is 57.4 Å². The van der Waals surface area contributed by atoms with Crippen LogP contribution in [0.4, 0.5) is 0 Å². The Morgan fingerprint density at radius 2 is 1.58 bits per heavy atom. The zero-order chi connectivity index (χ0) is 13.5. The van der Waals surface area contributed by atoms with Gasteiger partial charge in [0, 0.05) is 11.5 Å². The molecule has 3 saturated carbocycles. The lowest BCUT2D eigenvalue weighted by Gasteiger charge is -2.55. The second-order valence-corrected chi connectivity index (χ2v) is 7.68. The van der Waals surface area contributed by atoms with Gasteiger partial charge >= 0.3 is 0 Å². The predicted octanol–water partition coefficient (Wildman–Crippen LogP) is 3.75. The SMILES string of the molecule is CNC1CC(OC2CC(C)CC(C)C2)C12CCCC2. The topological polar surface area (TPSA) is 21.3 Å². The molecule has 4 unspecified atom stereocenters. The van der Waals surface area contributed by atoms with Crippen molar-refractivity contribution < 1.29 is 4.74 Å². The van der Waals surface area contributed by atoms with Crippen LogP contribution in [-0.4, -0.2) is 25.3 Å². The molecule has 0 saturated heterocycles. The van der Waals surface area contributed by atoms with Gasteiger partial charge in [-0.2, -0.15) is 0 Å². The van der Waals surface area contributed by atoms with Crippen molar-refractivity contribution in [3.8, 4) is 0 Å². The van der Waals surface area contributed by atoms with E-state index < -0.39 is 0 Å². The molecule has 0 heterocycles. The van der Waals surface area contributed by atoms with E-state index in [0.29, 0.717) is 17.6 Å². The summed E-state index contributed by atoms with van der Waals surface area (Å²) in [5.41, 5.74) is 0.499. The van der Waals surface area contributed by atoms with Crippen LogP contribution in [0, 0.1) is 17.3 Å². The molecule has 1 spiro atoms. The average molecular weight is 265 g/mol. The van der Waals surface area contributed by atoms with Crippen molar-refractivity contribution in [2.45, 2.75) is 83.5 Å². The van der Waals surface area contributed by atoms with Crippen molar-refractivity contribution in [3.05, 3.63) is 0 Å². The average Bonchev–Trinajstić information content (AvgIpc) is 2.84. The standard InChI is InChI=1S/C17H31NO/c1-12-8-13(2)10-14(9-12)19-16-11-15(18-3)17(16)6-4-5-7-17/h12-16,18H,4-11H2,1-3H3. The fourth-order valence-electron chi connectivity index (χ4n) is 5.26. The first-order valence-electron chi connectivity index (χ1n) is 8.47. The predicted molar refractivity (Wildman–Crippen MR) is 79.2 cm³/mol. The quantitative estimate of drug-likeness (QED) is 0.839. The minimum absolute atomic E-state index is 0.499. The van der Waals surface area contributed by atoms with Crippen LogP contribution in [0.25, 0.3) is 0 Å². The van der Waals surface area contributed by atoms with E-state index in [1.165, 1.54) is 51.4 Å². The first-order chi connectivity index (χ1) is 9.14. The van der Waals surface area contributed by atoms with Crippen molar-refractivity contribution in [2.75, 3.05) is 7.05 Å². The van der Waals surface area contributed by atoms with E-state index in [4.69, 9.17) is 4.74 Å². The zero-order valence-corrected chi connectivity index (χ0v) is 13.0. The number of hydrogen-bond donors (Lipinski definition) is 1. The van der Waals surface area contributed by atoms with Gasteiger partial charge in [0.1, 0.15) is 0 Å². The highest BCUT2D eigenvalue weighted by Crippen LogP contribution is 2.55. The minimum Gasteiger partial charge on any atom is -0.374 e. The van der Waals surface area contributed by atoms with E-state index in [2.05, 4.69) is 26.2 Å². The Morgan fingerprint density at radius 3 is 2.16 bits per heavy atom. The molecular formula is C17H31NO. The number of nitrogens with one attached hydrogen (secondary N) is 1. The number of rotatable bonds is 3. The molecule has 2 nitrogen and oxygen atoms in total. The third-order valence-corrected chi connectivity index (χ3v) is 6.16. The molecule has 19 heavy (non-hydrogen) atoms. The van der Waals surface area contributed by atoms with Gasteiger partial charge < -0.3 is 10.1 Å². The van der Waals surface area contributed by atoms with Crippen LogP contribution in [0.5, 0.6) is 0 Å². The molecule has 0 aromatic rings. The van der Waals surface area contributed by atoms with Crippen LogP contribution in [0.2, 0.25) is 0 Å². The molecule has 3 aliphatic rings. The summed E-state index contributed by atoms with van der Waals surface area (Å²) in [6.07, 6.45) is 11.9. The van der Waals surface area contributed by atoms with E-state index in [1.807, 2.05) is 0 Å². The van der Waals surface area contributed by atoms with E-state index >= 15 is 0 Å². The van der Waals surface area contributed by atoms with Crippen molar-refractivity contribution in [2.24, 2.45) is 17.3 Å². The molecule has 3 aliphatic carbocycles. The molecule has 110 valence electrons. The second-order valence-electron chi connectivity index (χ2n) is 7.68. The number of hydrogen-bond acceptors (Lipinski definition) is 2. The number of ether oxygens (including phenoxy) is 1. The summed E-state index contributed by atoms with van der Waals surface area (Å²) >= 11 is 0. The van der Waals surface area contributed by atoms with Gasteiger partial charge in [0.2, 0.25) is 0 Å². The Hall–Kier alpha value is -0.0800. The lowest BCUT2D eigenvalue weighted by Crippen LogP contribution is -2.62. The molecule has 3 fully saturated rings. The van der Waals surface area contributed by atoms with Crippen LogP contribution in [-0.2, 0) is 4.74 Å². The summed E-state index contributed by atoms with van der Waals surface area (Å²) in [4.78, 5) is 0. The highest BCUT2D eigenvalue weighted by Gasteiger charge is 2.56. The summed E-state index contributed by atoms with van der Waals surface area (Å²) in [6.45, 7) is 4.79. The molecule has 1 N–H and O–H groups in total. The van der Waals surface area contributed by atoms with Gasteiger partial charge in [-0.15, -0.1) is 0 Å². The Labute approximate surface area is 118 Å². The summed E-state index contributed by atoms with van der Waals surface area (Å²) in [5, 5.41) is 3.54. The molecule has 0 aliphatic heterocycles. The summed E-state index contributed by atoms with van der Waals surface area (Å²) in [5.74, 6) is 1.71. The summed E-state index contributed by atoms with van der Waals surface area (Å²) in [7, 11) is 2.13. The molecular weight excluding hydrogens is 234 g/mol. The van der Waals surface area contributed by atoms with Crippen LogP contribution in [0.3, 0.4) is 0 Å². The largest absolute Gasteiger partial charge is 0.374 e. The first kappa shape index (κ1) is 13.9. The van der Waals surface area contributed by atoms with Gasteiger partial charge in [0.25, 0.3) is 0 Å². The lowest BCUT2D eigenvalue weighted by atomic mass is 9.60. The maximum atomic E-state index is 6.60. The fraction of sp³-hybridized carbons (Fsp3) is 1.00. The molecule has 0 aromatic heterocycles. The lowest BCUT2D eigenvalue weighted by molar-refractivity contribution is -0.171. The Bertz CT molecular complexity index is 300. The molecule has 0 amide bonds. The molecule has 0 aromatic carbocycles. The zero-order valence-electron chi connectivity index (χ0n) is 13.0. The second kappa shape index (κ2) is 5.37.